The van der Waals surface area contributed by atoms with Gasteiger partial charge in [0.25, 0.3) is 0 Å². The molecule has 0 heterocycles. The second-order valence-corrected chi connectivity index (χ2v) is 10.5. The number of hydrogen-bond acceptors (Lipinski definition) is 4. The minimum Gasteiger partial charge on any atom is -0.377 e. The van der Waals surface area contributed by atoms with Crippen LogP contribution in [0.2, 0.25) is 0 Å². The highest BCUT2D eigenvalue weighted by Gasteiger charge is 2.53. The summed E-state index contributed by atoms with van der Waals surface area (Å²) in [6, 6.07) is 11.0. The lowest BCUT2D eigenvalue weighted by Crippen LogP contribution is -2.56. The van der Waals surface area contributed by atoms with Gasteiger partial charge in [-0.25, -0.2) is 0 Å². The number of rotatable bonds is 12. The van der Waals surface area contributed by atoms with E-state index in [2.05, 4.69) is 49.7 Å². The van der Waals surface area contributed by atoms with Gasteiger partial charge in [0, 0.05) is 18.7 Å². The summed E-state index contributed by atoms with van der Waals surface area (Å²) in [6.45, 7) is 7.54. The largest absolute Gasteiger partial charge is 0.377 e. The molecule has 0 aromatic heterocycles. The van der Waals surface area contributed by atoms with Crippen LogP contribution in [-0.2, 0) is 11.3 Å². The van der Waals surface area contributed by atoms with Gasteiger partial charge in [0.15, 0.2) is 0 Å². The van der Waals surface area contributed by atoms with Crippen LogP contribution in [-0.4, -0.2) is 37.2 Å². The van der Waals surface area contributed by atoms with Crippen molar-refractivity contribution in [1.82, 2.24) is 5.32 Å². The summed E-state index contributed by atoms with van der Waals surface area (Å²) >= 11 is 1.89. The van der Waals surface area contributed by atoms with E-state index in [1.54, 1.807) is 0 Å². The smallest absolute Gasteiger partial charge is 0.0716 e. The minimum absolute atomic E-state index is 0.207. The Hall–Kier alpha value is -0.550. The fourth-order valence-corrected chi connectivity index (χ4v) is 5.91. The van der Waals surface area contributed by atoms with Crippen molar-refractivity contribution in [3.05, 3.63) is 35.9 Å². The molecule has 1 aromatic carbocycles. The molecule has 0 spiro atoms. The molecule has 2 bridgehead atoms. The van der Waals surface area contributed by atoms with Gasteiger partial charge < -0.3 is 15.8 Å². The maximum atomic E-state index is 6.58. The van der Waals surface area contributed by atoms with Crippen molar-refractivity contribution in [2.24, 2.45) is 28.9 Å². The second kappa shape index (κ2) is 10.5. The van der Waals surface area contributed by atoms with Gasteiger partial charge >= 0.3 is 0 Å². The lowest BCUT2D eigenvalue weighted by Gasteiger charge is -2.60. The fourth-order valence-electron chi connectivity index (χ4n) is 5.41. The highest BCUT2D eigenvalue weighted by molar-refractivity contribution is 7.98. The van der Waals surface area contributed by atoms with Gasteiger partial charge in [0.2, 0.25) is 0 Å². The summed E-state index contributed by atoms with van der Waals surface area (Å²) in [5.41, 5.74) is 8.37. The standard InChI is InChI=1S/C24H40N2OS/c1-24(2)20-10-9-19(21(24)15-20)16-26-23(22(25)12-14-28-3)11-13-27-17-18-7-5-4-6-8-18/h4-8,19-23,26H,9-17,25H2,1-3H3. The lowest BCUT2D eigenvalue weighted by molar-refractivity contribution is -0.104. The van der Waals surface area contributed by atoms with Gasteiger partial charge in [0.1, 0.15) is 0 Å². The number of nitrogens with two attached hydrogens (primary N) is 1. The number of thioether (sulfide) groups is 1. The van der Waals surface area contributed by atoms with Crippen molar-refractivity contribution in [3.63, 3.8) is 0 Å². The van der Waals surface area contributed by atoms with Crippen LogP contribution < -0.4 is 11.1 Å². The van der Waals surface area contributed by atoms with Crippen molar-refractivity contribution in [2.75, 3.05) is 25.2 Å². The van der Waals surface area contributed by atoms with Crippen LogP contribution in [0.5, 0.6) is 0 Å². The Morgan fingerprint density at radius 2 is 2.00 bits per heavy atom. The molecule has 3 saturated carbocycles. The average Bonchev–Trinajstić information content (AvgIpc) is 2.72. The summed E-state index contributed by atoms with van der Waals surface area (Å²) < 4.78 is 5.96. The zero-order valence-corrected chi connectivity index (χ0v) is 18.8. The normalized spacial score (nSPS) is 27.8. The van der Waals surface area contributed by atoms with Crippen molar-refractivity contribution in [2.45, 2.75) is 64.6 Å². The number of ether oxygens (including phenoxy) is 1. The van der Waals surface area contributed by atoms with Crippen molar-refractivity contribution >= 4 is 11.8 Å². The highest BCUT2D eigenvalue weighted by atomic mass is 32.2. The van der Waals surface area contributed by atoms with Crippen LogP contribution >= 0.6 is 11.8 Å². The third-order valence-corrected chi connectivity index (χ3v) is 8.14. The predicted octanol–water partition coefficient (Wildman–Crippen LogP) is 4.70. The van der Waals surface area contributed by atoms with Gasteiger partial charge in [-0.15, -0.1) is 0 Å². The molecule has 3 fully saturated rings. The van der Waals surface area contributed by atoms with Crippen LogP contribution in [0, 0.1) is 23.2 Å². The zero-order chi connectivity index (χ0) is 20.0. The first kappa shape index (κ1) is 22.1. The first-order valence-corrected chi connectivity index (χ1v) is 12.5. The number of hydrogen-bond donors (Lipinski definition) is 2. The number of benzene rings is 1. The molecule has 1 aromatic rings. The molecule has 0 radical (unpaired) electrons. The van der Waals surface area contributed by atoms with E-state index in [-0.39, 0.29) is 6.04 Å². The summed E-state index contributed by atoms with van der Waals surface area (Å²) in [4.78, 5) is 0. The molecule has 5 unspecified atom stereocenters. The van der Waals surface area contributed by atoms with Gasteiger partial charge in [-0.05, 0) is 79.4 Å². The fraction of sp³-hybridized carbons (Fsp3) is 0.750. The van der Waals surface area contributed by atoms with Crippen molar-refractivity contribution < 1.29 is 4.74 Å². The molecule has 0 aliphatic heterocycles. The van der Waals surface area contributed by atoms with Gasteiger partial charge in [-0.3, -0.25) is 0 Å². The first-order chi connectivity index (χ1) is 13.5. The Morgan fingerprint density at radius 3 is 2.68 bits per heavy atom. The molecular weight excluding hydrogens is 364 g/mol. The van der Waals surface area contributed by atoms with E-state index in [4.69, 9.17) is 10.5 Å². The van der Waals surface area contributed by atoms with Gasteiger partial charge in [0.05, 0.1) is 6.61 Å². The van der Waals surface area contributed by atoms with E-state index in [9.17, 15) is 0 Å². The Kier molecular flexibility index (Phi) is 8.28. The maximum Gasteiger partial charge on any atom is 0.0716 e. The van der Waals surface area contributed by atoms with Crippen LogP contribution in [0.4, 0.5) is 0 Å². The van der Waals surface area contributed by atoms with E-state index >= 15 is 0 Å². The Balaban J connectivity index is 1.46. The lowest BCUT2D eigenvalue weighted by atomic mass is 9.45. The molecule has 4 heteroatoms. The van der Waals surface area contributed by atoms with Crippen molar-refractivity contribution in [3.8, 4) is 0 Å². The van der Waals surface area contributed by atoms with E-state index in [1.807, 2.05) is 17.8 Å². The van der Waals surface area contributed by atoms with Crippen LogP contribution in [0.1, 0.15) is 51.5 Å². The van der Waals surface area contributed by atoms with E-state index in [1.165, 1.54) is 24.8 Å². The topological polar surface area (TPSA) is 47.3 Å². The molecule has 0 saturated heterocycles. The molecule has 3 nitrogen and oxygen atoms in total. The number of fused-ring (bicyclic) bond motifs is 2. The molecule has 5 atom stereocenters. The van der Waals surface area contributed by atoms with E-state index in [0.29, 0.717) is 18.1 Å². The maximum absolute atomic E-state index is 6.58. The molecule has 3 aliphatic carbocycles. The third-order valence-electron chi connectivity index (χ3n) is 7.50. The zero-order valence-electron chi connectivity index (χ0n) is 18.0. The quantitative estimate of drug-likeness (QED) is 0.496. The Morgan fingerprint density at radius 1 is 1.21 bits per heavy atom. The Bertz CT molecular complexity index is 577. The SMILES string of the molecule is CSCCC(N)C(CCOCc1ccccc1)NCC1CCC2CC1C2(C)C. The molecule has 158 valence electrons. The second-order valence-electron chi connectivity index (χ2n) is 9.48. The Labute approximate surface area is 176 Å². The number of nitrogens with one attached hydrogen (secondary N) is 1. The average molecular weight is 405 g/mol. The molecule has 0 amide bonds. The van der Waals surface area contributed by atoms with E-state index in [0.717, 1.165) is 49.5 Å². The monoisotopic (exact) mass is 404 g/mol. The third kappa shape index (κ3) is 5.53. The van der Waals surface area contributed by atoms with Gasteiger partial charge in [-0.1, -0.05) is 44.2 Å². The molecule has 28 heavy (non-hydrogen) atoms. The van der Waals surface area contributed by atoms with Gasteiger partial charge in [-0.2, -0.15) is 11.8 Å². The molecular formula is C24H40N2OS. The van der Waals surface area contributed by atoms with Crippen LogP contribution in [0.15, 0.2) is 30.3 Å². The minimum atomic E-state index is 0.207. The first-order valence-electron chi connectivity index (χ1n) is 11.1. The molecule has 4 rings (SSSR count). The van der Waals surface area contributed by atoms with Crippen molar-refractivity contribution in [1.29, 1.82) is 0 Å². The summed E-state index contributed by atoms with van der Waals surface area (Å²) in [6.07, 6.45) is 8.48. The highest BCUT2D eigenvalue weighted by Crippen LogP contribution is 2.61. The van der Waals surface area contributed by atoms with E-state index < -0.39 is 0 Å². The summed E-state index contributed by atoms with van der Waals surface area (Å²) in [5.74, 6) is 3.82. The summed E-state index contributed by atoms with van der Waals surface area (Å²) in [7, 11) is 0. The van der Waals surface area contributed by atoms with Crippen LogP contribution in [0.3, 0.4) is 0 Å². The summed E-state index contributed by atoms with van der Waals surface area (Å²) in [5, 5.41) is 3.88. The molecule has 3 N–H and O–H groups in total. The van der Waals surface area contributed by atoms with Crippen LogP contribution in [0.25, 0.3) is 0 Å². The molecule has 3 aliphatic rings. The predicted molar refractivity (Wildman–Crippen MR) is 122 cm³/mol.